The van der Waals surface area contributed by atoms with Gasteiger partial charge in [-0.25, -0.2) is 0 Å². The fraction of sp³-hybridized carbons (Fsp3) is 0.700. The fourth-order valence-corrected chi connectivity index (χ4v) is 2.72. The summed E-state index contributed by atoms with van der Waals surface area (Å²) < 4.78 is 0. The lowest BCUT2D eigenvalue weighted by Gasteiger charge is -2.14. The number of hydrogen-bond donors (Lipinski definition) is 0. The molecule has 0 bridgehead atoms. The molecule has 128 valence electrons. The smallest absolute Gasteiger partial charge is 0.0406 e. The van der Waals surface area contributed by atoms with Crippen LogP contribution in [-0.2, 0) is 0 Å². The molecule has 0 aromatic heterocycles. The van der Waals surface area contributed by atoms with Gasteiger partial charge >= 0.3 is 0 Å². The Morgan fingerprint density at radius 3 is 1.73 bits per heavy atom. The lowest BCUT2D eigenvalue weighted by atomic mass is 10.0. The van der Waals surface area contributed by atoms with E-state index in [9.17, 15) is 0 Å². The van der Waals surface area contributed by atoms with Gasteiger partial charge in [-0.2, -0.15) is 0 Å². The van der Waals surface area contributed by atoms with Crippen LogP contribution in [0.1, 0.15) is 79.6 Å². The molecule has 0 saturated carbocycles. The second-order valence-corrected chi connectivity index (χ2v) is 8.29. The van der Waals surface area contributed by atoms with Crippen LogP contribution in [0, 0.1) is 0 Å². The normalized spacial score (nSPS) is 14.6. The highest BCUT2D eigenvalue weighted by Crippen LogP contribution is 2.22. The molecule has 0 amide bonds. The van der Waals surface area contributed by atoms with Gasteiger partial charge in [0, 0.05) is 10.8 Å². The summed E-state index contributed by atoms with van der Waals surface area (Å²) in [6, 6.07) is 0. The van der Waals surface area contributed by atoms with Gasteiger partial charge in [0.25, 0.3) is 0 Å². The third kappa shape index (κ3) is 14.7. The van der Waals surface area contributed by atoms with Crippen LogP contribution in [0.5, 0.6) is 0 Å². The molecule has 0 aliphatic carbocycles. The topological polar surface area (TPSA) is 0 Å². The van der Waals surface area contributed by atoms with Gasteiger partial charge in [-0.05, 0) is 79.6 Å². The van der Waals surface area contributed by atoms with Crippen LogP contribution in [0.3, 0.4) is 0 Å². The Balaban J connectivity index is 3.91. The van der Waals surface area contributed by atoms with Crippen LogP contribution in [0.25, 0.3) is 0 Å². The van der Waals surface area contributed by atoms with Gasteiger partial charge in [0.2, 0.25) is 0 Å². The van der Waals surface area contributed by atoms with Crippen molar-refractivity contribution in [2.45, 2.75) is 84.4 Å². The van der Waals surface area contributed by atoms with Crippen molar-refractivity contribution >= 4 is 23.2 Å². The first-order valence-electron chi connectivity index (χ1n) is 8.46. The van der Waals surface area contributed by atoms with E-state index in [-0.39, 0.29) is 4.87 Å². The molecule has 0 aromatic carbocycles. The summed E-state index contributed by atoms with van der Waals surface area (Å²) in [6.45, 7) is 10.8. The second kappa shape index (κ2) is 12.3. The molecule has 0 aliphatic rings. The van der Waals surface area contributed by atoms with Gasteiger partial charge in [-0.3, -0.25) is 0 Å². The molecule has 0 rings (SSSR count). The van der Waals surface area contributed by atoms with E-state index >= 15 is 0 Å². The largest absolute Gasteiger partial charge is 0.122 e. The van der Waals surface area contributed by atoms with Crippen LogP contribution >= 0.6 is 23.2 Å². The number of halogens is 2. The summed E-state index contributed by atoms with van der Waals surface area (Å²) in [6.07, 6.45) is 14.8. The lowest BCUT2D eigenvalue weighted by Crippen LogP contribution is -2.09. The summed E-state index contributed by atoms with van der Waals surface area (Å²) in [7, 11) is 0. The summed E-state index contributed by atoms with van der Waals surface area (Å²) in [5.41, 5.74) is 4.37. The van der Waals surface area contributed by atoms with Crippen molar-refractivity contribution in [3.8, 4) is 0 Å². The van der Waals surface area contributed by atoms with Crippen LogP contribution < -0.4 is 0 Å². The predicted molar refractivity (Wildman–Crippen MR) is 104 cm³/mol. The maximum Gasteiger partial charge on any atom is 0.0406 e. The molecular weight excluding hydrogens is 311 g/mol. The van der Waals surface area contributed by atoms with E-state index in [1.165, 1.54) is 29.6 Å². The predicted octanol–water partition coefficient (Wildman–Crippen LogP) is 7.81. The maximum absolute atomic E-state index is 6.21. The zero-order chi connectivity index (χ0) is 17.0. The number of rotatable bonds is 11. The molecule has 0 N–H and O–H groups in total. The van der Waals surface area contributed by atoms with Crippen molar-refractivity contribution in [1.29, 1.82) is 0 Å². The molecular formula is C20H34Cl2. The minimum absolute atomic E-state index is 0.0599. The minimum Gasteiger partial charge on any atom is -0.122 e. The molecule has 0 atom stereocenters. The summed E-state index contributed by atoms with van der Waals surface area (Å²) in [5.74, 6) is 0.625. The van der Waals surface area contributed by atoms with Crippen molar-refractivity contribution in [3.05, 3.63) is 34.9 Å². The number of hydrogen-bond acceptors (Lipinski definition) is 0. The Morgan fingerprint density at radius 1 is 0.818 bits per heavy atom. The molecule has 0 radical (unpaired) electrons. The van der Waals surface area contributed by atoms with E-state index < -0.39 is 0 Å². The summed E-state index contributed by atoms with van der Waals surface area (Å²) in [4.78, 5) is -0.0599. The first-order valence-corrected chi connectivity index (χ1v) is 9.37. The third-order valence-electron chi connectivity index (χ3n) is 3.83. The summed E-state index contributed by atoms with van der Waals surface area (Å²) >= 11 is 11.9. The van der Waals surface area contributed by atoms with E-state index in [0.29, 0.717) is 5.88 Å². The highest BCUT2D eigenvalue weighted by atomic mass is 35.5. The molecule has 0 spiro atoms. The van der Waals surface area contributed by atoms with Gasteiger partial charge in [0.15, 0.2) is 0 Å². The van der Waals surface area contributed by atoms with Crippen LogP contribution in [0.15, 0.2) is 34.9 Å². The number of alkyl halides is 2. The zero-order valence-corrected chi connectivity index (χ0v) is 16.7. The molecule has 0 saturated heterocycles. The van der Waals surface area contributed by atoms with Gasteiger partial charge in [-0.15, -0.1) is 23.2 Å². The Morgan fingerprint density at radius 2 is 1.27 bits per heavy atom. The molecule has 0 fully saturated rings. The highest BCUT2D eigenvalue weighted by Gasteiger charge is 2.11. The van der Waals surface area contributed by atoms with Crippen molar-refractivity contribution in [1.82, 2.24) is 0 Å². The Hall–Kier alpha value is -0.200. The fourth-order valence-electron chi connectivity index (χ4n) is 2.32. The van der Waals surface area contributed by atoms with E-state index in [0.717, 1.165) is 32.1 Å². The first kappa shape index (κ1) is 21.8. The molecule has 0 unspecified atom stereocenters. The molecule has 0 aliphatic heterocycles. The quantitative estimate of drug-likeness (QED) is 0.264. The van der Waals surface area contributed by atoms with E-state index in [1.54, 1.807) is 0 Å². The van der Waals surface area contributed by atoms with E-state index in [2.05, 4.69) is 52.8 Å². The molecule has 22 heavy (non-hydrogen) atoms. The standard InChI is InChI=1S/C20H34Cl2/c1-17(10-7-12-19(3)14-16-21)9-6-11-18(2)13-8-15-20(4,5)22/h10-11,14H,6-9,12-13,15-16H2,1-5H3. The van der Waals surface area contributed by atoms with Crippen LogP contribution in [0.4, 0.5) is 0 Å². The van der Waals surface area contributed by atoms with Gasteiger partial charge in [-0.1, -0.05) is 34.9 Å². The average Bonchev–Trinajstić information content (AvgIpc) is 2.37. The van der Waals surface area contributed by atoms with Gasteiger partial charge in [0.1, 0.15) is 0 Å². The Bertz CT molecular complexity index is 381. The SMILES string of the molecule is CC(=CCCl)CCC=C(C)CCC=C(C)CCCC(C)(C)Cl. The Labute approximate surface area is 148 Å². The van der Waals surface area contributed by atoms with Gasteiger partial charge < -0.3 is 0 Å². The zero-order valence-electron chi connectivity index (χ0n) is 15.1. The summed E-state index contributed by atoms with van der Waals surface area (Å²) in [5, 5.41) is 0. The van der Waals surface area contributed by atoms with Crippen molar-refractivity contribution in [2.24, 2.45) is 0 Å². The molecule has 0 nitrogen and oxygen atoms in total. The lowest BCUT2D eigenvalue weighted by molar-refractivity contribution is 0.589. The maximum atomic E-state index is 6.21. The van der Waals surface area contributed by atoms with Gasteiger partial charge in [0.05, 0.1) is 0 Å². The minimum atomic E-state index is -0.0599. The van der Waals surface area contributed by atoms with Crippen molar-refractivity contribution in [3.63, 3.8) is 0 Å². The number of allylic oxidation sites excluding steroid dienone is 6. The molecule has 0 heterocycles. The Kier molecular flexibility index (Phi) is 12.1. The van der Waals surface area contributed by atoms with Crippen LogP contribution in [-0.4, -0.2) is 10.8 Å². The average molecular weight is 345 g/mol. The highest BCUT2D eigenvalue weighted by molar-refractivity contribution is 6.23. The first-order chi connectivity index (χ1) is 10.2. The van der Waals surface area contributed by atoms with Crippen molar-refractivity contribution in [2.75, 3.05) is 5.88 Å². The molecule has 2 heteroatoms. The monoisotopic (exact) mass is 344 g/mol. The molecule has 0 aromatic rings. The van der Waals surface area contributed by atoms with Crippen molar-refractivity contribution < 1.29 is 0 Å². The van der Waals surface area contributed by atoms with E-state index in [1.807, 2.05) is 0 Å². The third-order valence-corrected chi connectivity index (χ3v) is 4.17. The van der Waals surface area contributed by atoms with Crippen LogP contribution in [0.2, 0.25) is 0 Å². The second-order valence-electron chi connectivity index (χ2n) is 6.96. The van der Waals surface area contributed by atoms with E-state index in [4.69, 9.17) is 23.2 Å².